The molecule has 1 aromatic heterocycles. The van der Waals surface area contributed by atoms with Crippen LogP contribution in [0.4, 0.5) is 10.8 Å². The third-order valence-corrected chi connectivity index (χ3v) is 6.61. The average Bonchev–Trinajstić information content (AvgIpc) is 3.26. The summed E-state index contributed by atoms with van der Waals surface area (Å²) < 4.78 is 12.2. The topological polar surface area (TPSA) is 98.0 Å². The number of carbonyl (C=O) groups is 1. The van der Waals surface area contributed by atoms with Gasteiger partial charge in [0.05, 0.1) is 15.1 Å². The molecule has 0 aliphatic carbocycles. The summed E-state index contributed by atoms with van der Waals surface area (Å²) in [5.41, 5.74) is 1.30. The smallest absolute Gasteiger partial charge is 0.270 e. The molecule has 1 aliphatic heterocycles. The van der Waals surface area contributed by atoms with Crippen molar-refractivity contribution in [2.45, 2.75) is 13.8 Å². The van der Waals surface area contributed by atoms with Crippen molar-refractivity contribution in [1.29, 1.82) is 0 Å². The van der Waals surface area contributed by atoms with E-state index in [9.17, 15) is 14.9 Å². The van der Waals surface area contributed by atoms with Gasteiger partial charge in [-0.25, -0.2) is 4.98 Å². The quantitative estimate of drug-likeness (QED) is 0.254. The molecule has 0 unspecified atom stereocenters. The van der Waals surface area contributed by atoms with Gasteiger partial charge in [0.1, 0.15) is 13.2 Å². The van der Waals surface area contributed by atoms with E-state index in [1.807, 2.05) is 12.1 Å². The van der Waals surface area contributed by atoms with Crippen molar-refractivity contribution < 1.29 is 19.2 Å². The SMILES string of the molecule is CCN(CC)CCN(C(=O)C=Cc1cccc([N+](=O)[O-])c1)c1nc2cc3c(cc2s1)OCCO3. The first-order chi connectivity index (χ1) is 16.5. The van der Waals surface area contributed by atoms with E-state index >= 15 is 0 Å². The predicted molar refractivity (Wildman–Crippen MR) is 133 cm³/mol. The molecule has 0 N–H and O–H groups in total. The summed E-state index contributed by atoms with van der Waals surface area (Å²) >= 11 is 1.42. The molecule has 34 heavy (non-hydrogen) atoms. The number of anilines is 1. The largest absolute Gasteiger partial charge is 0.486 e. The third kappa shape index (κ3) is 5.35. The molecular formula is C24H26N4O5S. The Morgan fingerprint density at radius 1 is 1.15 bits per heavy atom. The van der Waals surface area contributed by atoms with Crippen LogP contribution in [0.5, 0.6) is 11.5 Å². The fourth-order valence-electron chi connectivity index (χ4n) is 3.65. The van der Waals surface area contributed by atoms with Crippen LogP contribution in [0, 0.1) is 10.1 Å². The molecule has 9 nitrogen and oxygen atoms in total. The van der Waals surface area contributed by atoms with Crippen LogP contribution in [0.1, 0.15) is 19.4 Å². The number of non-ortho nitro benzene ring substituents is 1. The lowest BCUT2D eigenvalue weighted by molar-refractivity contribution is -0.384. The summed E-state index contributed by atoms with van der Waals surface area (Å²) in [7, 11) is 0. The zero-order valence-corrected chi connectivity index (χ0v) is 19.9. The minimum atomic E-state index is -0.455. The number of carbonyl (C=O) groups excluding carboxylic acids is 1. The Labute approximate surface area is 201 Å². The van der Waals surface area contributed by atoms with Gasteiger partial charge in [0.2, 0.25) is 0 Å². The van der Waals surface area contributed by atoms with Crippen LogP contribution in [0.15, 0.2) is 42.5 Å². The number of ether oxygens (including phenoxy) is 2. The van der Waals surface area contributed by atoms with Gasteiger partial charge in [-0.2, -0.15) is 0 Å². The Balaban J connectivity index is 1.62. The summed E-state index contributed by atoms with van der Waals surface area (Å²) in [5.74, 6) is 1.10. The molecule has 0 bridgehead atoms. The summed E-state index contributed by atoms with van der Waals surface area (Å²) in [6.07, 6.45) is 3.03. The van der Waals surface area contributed by atoms with Crippen molar-refractivity contribution in [3.63, 3.8) is 0 Å². The van der Waals surface area contributed by atoms with Crippen LogP contribution >= 0.6 is 11.3 Å². The van der Waals surface area contributed by atoms with Crippen molar-refractivity contribution in [2.75, 3.05) is 44.3 Å². The number of fused-ring (bicyclic) bond motifs is 2. The van der Waals surface area contributed by atoms with Gasteiger partial charge in [-0.1, -0.05) is 37.3 Å². The molecule has 0 radical (unpaired) electrons. The molecule has 0 spiro atoms. The summed E-state index contributed by atoms with van der Waals surface area (Å²) in [5, 5.41) is 11.6. The lowest BCUT2D eigenvalue weighted by atomic mass is 10.2. The van der Waals surface area contributed by atoms with Crippen LogP contribution < -0.4 is 14.4 Å². The van der Waals surface area contributed by atoms with Gasteiger partial charge < -0.3 is 14.4 Å². The first-order valence-electron chi connectivity index (χ1n) is 11.1. The fraction of sp³-hybridized carbons (Fsp3) is 0.333. The first kappa shape index (κ1) is 23.7. The molecule has 1 aliphatic rings. The van der Waals surface area contributed by atoms with E-state index in [1.165, 1.54) is 29.5 Å². The van der Waals surface area contributed by atoms with E-state index in [2.05, 4.69) is 18.7 Å². The molecular weight excluding hydrogens is 456 g/mol. The number of nitro groups is 1. The van der Waals surface area contributed by atoms with Crippen molar-refractivity contribution in [2.24, 2.45) is 0 Å². The molecule has 0 saturated carbocycles. The van der Waals surface area contributed by atoms with E-state index in [-0.39, 0.29) is 11.6 Å². The lowest BCUT2D eigenvalue weighted by Gasteiger charge is -2.23. The van der Waals surface area contributed by atoms with E-state index in [0.717, 1.165) is 23.3 Å². The molecule has 3 aromatic rings. The van der Waals surface area contributed by atoms with Gasteiger partial charge in [-0.3, -0.25) is 19.8 Å². The van der Waals surface area contributed by atoms with Gasteiger partial charge >= 0.3 is 0 Å². The number of benzene rings is 2. The van der Waals surface area contributed by atoms with Gasteiger partial charge in [0.15, 0.2) is 16.6 Å². The molecule has 2 aromatic carbocycles. The lowest BCUT2D eigenvalue weighted by Crippen LogP contribution is -2.38. The number of nitro benzene ring substituents is 1. The highest BCUT2D eigenvalue weighted by Crippen LogP contribution is 2.38. The Morgan fingerprint density at radius 2 is 1.88 bits per heavy atom. The first-order valence-corrected chi connectivity index (χ1v) is 12.0. The molecule has 178 valence electrons. The number of rotatable bonds is 9. The standard InChI is InChI=1S/C24H26N4O5S/c1-3-26(4-2)10-11-27(23(29)9-8-17-6-5-7-18(14-17)28(30)31)24-25-19-15-20-21(16-22(19)34-24)33-13-12-32-20/h5-9,14-16H,3-4,10-13H2,1-2H3. The summed E-state index contributed by atoms with van der Waals surface area (Å²) in [6.45, 7) is 8.08. The minimum absolute atomic E-state index is 0.0208. The minimum Gasteiger partial charge on any atom is -0.486 e. The molecule has 1 amide bonds. The van der Waals surface area contributed by atoms with Crippen molar-refractivity contribution >= 4 is 44.4 Å². The summed E-state index contributed by atoms with van der Waals surface area (Å²) in [6, 6.07) is 9.92. The number of amides is 1. The third-order valence-electron chi connectivity index (χ3n) is 5.57. The second-order valence-electron chi connectivity index (χ2n) is 7.66. The van der Waals surface area contributed by atoms with Crippen molar-refractivity contribution in [3.05, 3.63) is 58.2 Å². The molecule has 10 heteroatoms. The highest BCUT2D eigenvalue weighted by Gasteiger charge is 2.21. The molecule has 0 fully saturated rings. The normalized spacial score (nSPS) is 13.0. The van der Waals surface area contributed by atoms with E-state index < -0.39 is 4.92 Å². The highest BCUT2D eigenvalue weighted by molar-refractivity contribution is 7.22. The average molecular weight is 483 g/mol. The Hall–Kier alpha value is -3.50. The Kier molecular flexibility index (Phi) is 7.39. The maximum Gasteiger partial charge on any atom is 0.270 e. The number of hydrogen-bond acceptors (Lipinski definition) is 8. The van der Waals surface area contributed by atoms with Gasteiger partial charge in [0, 0.05) is 43.4 Å². The monoisotopic (exact) mass is 482 g/mol. The van der Waals surface area contributed by atoms with Crippen LogP contribution in [-0.2, 0) is 4.79 Å². The Bertz CT molecular complexity index is 1180. The Morgan fingerprint density at radius 3 is 2.59 bits per heavy atom. The van der Waals surface area contributed by atoms with Gasteiger partial charge in [0.25, 0.3) is 11.6 Å². The van der Waals surface area contributed by atoms with Crippen LogP contribution in [0.2, 0.25) is 0 Å². The van der Waals surface area contributed by atoms with E-state index in [1.54, 1.807) is 23.1 Å². The van der Waals surface area contributed by atoms with Gasteiger partial charge in [-0.05, 0) is 24.7 Å². The number of hydrogen-bond donors (Lipinski definition) is 0. The molecule has 4 rings (SSSR count). The highest BCUT2D eigenvalue weighted by atomic mass is 32.1. The zero-order chi connectivity index (χ0) is 24.1. The molecule has 0 saturated heterocycles. The number of likely N-dealkylation sites (N-methyl/N-ethyl adjacent to an activating group) is 1. The summed E-state index contributed by atoms with van der Waals surface area (Å²) in [4.78, 5) is 32.5. The second kappa shape index (κ2) is 10.6. The zero-order valence-electron chi connectivity index (χ0n) is 19.1. The van der Waals surface area contributed by atoms with Crippen LogP contribution in [0.3, 0.4) is 0 Å². The maximum atomic E-state index is 13.3. The fourth-order valence-corrected chi connectivity index (χ4v) is 4.66. The molecule has 2 heterocycles. The van der Waals surface area contributed by atoms with Crippen molar-refractivity contribution in [3.8, 4) is 11.5 Å². The number of nitrogens with zero attached hydrogens (tertiary/aromatic N) is 4. The molecule has 0 atom stereocenters. The second-order valence-corrected chi connectivity index (χ2v) is 8.67. The van der Waals surface area contributed by atoms with Gasteiger partial charge in [-0.15, -0.1) is 0 Å². The van der Waals surface area contributed by atoms with E-state index in [4.69, 9.17) is 14.5 Å². The number of aromatic nitrogens is 1. The van der Waals surface area contributed by atoms with Crippen LogP contribution in [0.25, 0.3) is 16.3 Å². The predicted octanol–water partition coefficient (Wildman–Crippen LogP) is 4.36. The number of thiazole rings is 1. The maximum absolute atomic E-state index is 13.3. The van der Waals surface area contributed by atoms with Crippen LogP contribution in [-0.4, -0.2) is 60.1 Å². The van der Waals surface area contributed by atoms with Crippen molar-refractivity contribution in [1.82, 2.24) is 9.88 Å². The van der Waals surface area contributed by atoms with E-state index in [0.29, 0.717) is 48.5 Å².